The number of imide groups is 1. The third-order valence-electron chi connectivity index (χ3n) is 1.92. The Morgan fingerprint density at radius 1 is 1.43 bits per heavy atom. The van der Waals surface area contributed by atoms with Crippen LogP contribution in [0.3, 0.4) is 0 Å². The maximum atomic E-state index is 11.5. The molecule has 2 amide bonds. The second-order valence-electron chi connectivity index (χ2n) is 2.68. The lowest BCUT2D eigenvalue weighted by atomic mass is 10.3. The highest BCUT2D eigenvalue weighted by Gasteiger charge is 2.32. The second-order valence-corrected chi connectivity index (χ2v) is 3.39. The molecule has 0 fully saturated rings. The van der Waals surface area contributed by atoms with Crippen LogP contribution in [0.4, 0.5) is 4.79 Å². The maximum absolute atomic E-state index is 11.5. The van der Waals surface area contributed by atoms with Gasteiger partial charge in [-0.3, -0.25) is 9.36 Å². The molecule has 0 unspecified atom stereocenters. The summed E-state index contributed by atoms with van der Waals surface area (Å²) in [4.78, 5) is 22.8. The van der Waals surface area contributed by atoms with Crippen molar-refractivity contribution in [2.24, 2.45) is 0 Å². The first-order valence-electron chi connectivity index (χ1n) is 3.74. The van der Waals surface area contributed by atoms with Crippen molar-refractivity contribution in [2.75, 3.05) is 6.54 Å². The molecule has 0 radical (unpaired) electrons. The van der Waals surface area contributed by atoms with E-state index in [1.165, 1.54) is 4.57 Å². The van der Waals surface area contributed by atoms with E-state index in [9.17, 15) is 9.59 Å². The molecule has 7 nitrogen and oxygen atoms in total. The third kappa shape index (κ3) is 1.18. The van der Waals surface area contributed by atoms with E-state index in [1.54, 1.807) is 0 Å². The van der Waals surface area contributed by atoms with Crippen molar-refractivity contribution in [3.63, 3.8) is 0 Å². The van der Waals surface area contributed by atoms with Crippen molar-refractivity contribution >= 4 is 27.9 Å². The fourth-order valence-electron chi connectivity index (χ4n) is 1.25. The van der Waals surface area contributed by atoms with Gasteiger partial charge in [0.2, 0.25) is 10.6 Å². The first-order valence-corrected chi connectivity index (χ1v) is 4.54. The Morgan fingerprint density at radius 2 is 2.14 bits per heavy atom. The van der Waals surface area contributed by atoms with Crippen molar-refractivity contribution in [1.29, 1.82) is 0 Å². The van der Waals surface area contributed by atoms with Crippen LogP contribution in [0.5, 0.6) is 0 Å². The maximum Gasteiger partial charge on any atom is 0.414 e. The zero-order valence-electron chi connectivity index (χ0n) is 6.84. The number of hydrogen-bond donors (Lipinski definition) is 1. The zero-order valence-corrected chi connectivity index (χ0v) is 8.43. The molecular weight excluding hydrogens is 256 g/mol. The van der Waals surface area contributed by atoms with Crippen LogP contribution in [-0.2, 0) is 6.54 Å². The van der Waals surface area contributed by atoms with E-state index in [-0.39, 0.29) is 12.4 Å². The number of hydrogen-bond acceptors (Lipinski definition) is 4. The van der Waals surface area contributed by atoms with Crippen LogP contribution >= 0.6 is 15.9 Å². The summed E-state index contributed by atoms with van der Waals surface area (Å²) in [5.74, 6) is -0.590. The number of carbonyl (C=O) groups is 2. The Morgan fingerprint density at radius 3 is 2.79 bits per heavy atom. The lowest BCUT2D eigenvalue weighted by molar-refractivity contribution is 0.0685. The number of rotatable bonds is 0. The molecule has 14 heavy (non-hydrogen) atoms. The smallest absolute Gasteiger partial charge is 0.414 e. The summed E-state index contributed by atoms with van der Waals surface area (Å²) in [5.41, 5.74) is 0. The van der Waals surface area contributed by atoms with Crippen LogP contribution in [0.1, 0.15) is 10.6 Å². The molecule has 1 aromatic heterocycles. The quantitative estimate of drug-likeness (QED) is 0.719. The predicted molar refractivity (Wildman–Crippen MR) is 46.8 cm³/mol. The highest BCUT2D eigenvalue weighted by molar-refractivity contribution is 9.10. The summed E-state index contributed by atoms with van der Waals surface area (Å²) in [5, 5.41) is 15.9. The molecule has 1 aliphatic heterocycles. The highest BCUT2D eigenvalue weighted by Crippen LogP contribution is 2.15. The Kier molecular flexibility index (Phi) is 1.99. The summed E-state index contributed by atoms with van der Waals surface area (Å²) in [7, 11) is 0. The molecule has 0 atom stereocenters. The number of carbonyl (C=O) groups excluding carboxylic acids is 1. The van der Waals surface area contributed by atoms with E-state index in [0.29, 0.717) is 11.3 Å². The van der Waals surface area contributed by atoms with Crippen molar-refractivity contribution in [1.82, 2.24) is 19.7 Å². The average molecular weight is 261 g/mol. The summed E-state index contributed by atoms with van der Waals surface area (Å²) in [6, 6.07) is 0. The number of amides is 2. The predicted octanol–water partition coefficient (Wildman–Crippen LogP) is 0.174. The Bertz CT molecular complexity index is 415. The van der Waals surface area contributed by atoms with Gasteiger partial charge < -0.3 is 5.11 Å². The molecule has 0 bridgehead atoms. The first kappa shape index (κ1) is 9.13. The van der Waals surface area contributed by atoms with Crippen molar-refractivity contribution in [2.45, 2.75) is 6.54 Å². The van der Waals surface area contributed by atoms with E-state index in [4.69, 9.17) is 5.11 Å². The molecule has 1 aliphatic rings. The molecule has 0 aliphatic carbocycles. The molecule has 1 N–H and O–H groups in total. The van der Waals surface area contributed by atoms with Gasteiger partial charge in [-0.05, 0) is 15.9 Å². The standard InChI is InChI=1S/C6H5BrN4O3/c7-5-9-8-3-4(12)11(6(13)14)2-1-10(3)5/h1-2H2,(H,13,14). The Balaban J connectivity index is 2.42. The van der Waals surface area contributed by atoms with Crippen LogP contribution in [-0.4, -0.2) is 43.3 Å². The van der Waals surface area contributed by atoms with Gasteiger partial charge in [0.1, 0.15) is 0 Å². The van der Waals surface area contributed by atoms with Gasteiger partial charge in [0.25, 0.3) is 0 Å². The molecule has 0 saturated carbocycles. The third-order valence-corrected chi connectivity index (χ3v) is 2.51. The van der Waals surface area contributed by atoms with Gasteiger partial charge in [0, 0.05) is 6.54 Å². The summed E-state index contributed by atoms with van der Waals surface area (Å²) < 4.78 is 1.97. The first-order chi connectivity index (χ1) is 6.61. The van der Waals surface area contributed by atoms with Crippen LogP contribution in [0.15, 0.2) is 4.73 Å². The molecule has 74 valence electrons. The van der Waals surface area contributed by atoms with Crippen molar-refractivity contribution in [3.05, 3.63) is 10.6 Å². The second kappa shape index (κ2) is 3.05. The number of fused-ring (bicyclic) bond motifs is 1. The van der Waals surface area contributed by atoms with Gasteiger partial charge in [0.05, 0.1) is 6.54 Å². The van der Waals surface area contributed by atoms with E-state index in [0.717, 1.165) is 4.90 Å². The van der Waals surface area contributed by atoms with Crippen LogP contribution in [0.25, 0.3) is 0 Å². The topological polar surface area (TPSA) is 88.3 Å². The molecule has 1 aromatic rings. The molecular formula is C6H5BrN4O3. The molecule has 8 heteroatoms. The largest absolute Gasteiger partial charge is 0.465 e. The van der Waals surface area contributed by atoms with Crippen LogP contribution in [0.2, 0.25) is 0 Å². The summed E-state index contributed by atoms with van der Waals surface area (Å²) in [6.07, 6.45) is -1.26. The normalized spacial score (nSPS) is 15.5. The monoisotopic (exact) mass is 260 g/mol. The van der Waals surface area contributed by atoms with Gasteiger partial charge in [-0.2, -0.15) is 0 Å². The van der Waals surface area contributed by atoms with E-state index in [1.807, 2.05) is 0 Å². The van der Waals surface area contributed by atoms with E-state index < -0.39 is 12.0 Å². The van der Waals surface area contributed by atoms with E-state index in [2.05, 4.69) is 26.1 Å². The highest BCUT2D eigenvalue weighted by atomic mass is 79.9. The number of nitrogens with zero attached hydrogens (tertiary/aromatic N) is 4. The molecule has 0 aromatic carbocycles. The van der Waals surface area contributed by atoms with Gasteiger partial charge in [-0.15, -0.1) is 10.2 Å². The minimum Gasteiger partial charge on any atom is -0.465 e. The number of halogens is 1. The van der Waals surface area contributed by atoms with Gasteiger partial charge in [-0.25, -0.2) is 9.69 Å². The van der Waals surface area contributed by atoms with Gasteiger partial charge in [0.15, 0.2) is 0 Å². The summed E-state index contributed by atoms with van der Waals surface area (Å²) >= 11 is 3.11. The van der Waals surface area contributed by atoms with Crippen LogP contribution in [0, 0.1) is 0 Å². The van der Waals surface area contributed by atoms with E-state index >= 15 is 0 Å². The lowest BCUT2D eigenvalue weighted by Crippen LogP contribution is -2.43. The van der Waals surface area contributed by atoms with Crippen molar-refractivity contribution in [3.8, 4) is 0 Å². The Hall–Kier alpha value is -1.44. The molecule has 0 saturated heterocycles. The SMILES string of the molecule is O=C(O)N1CCn2c(Br)nnc2C1=O. The molecule has 0 spiro atoms. The zero-order chi connectivity index (χ0) is 10.3. The number of carboxylic acid groups (broad SMARTS) is 1. The Labute approximate surface area is 86.5 Å². The average Bonchev–Trinajstić information content (AvgIpc) is 2.49. The molecule has 2 heterocycles. The fourth-order valence-corrected chi connectivity index (χ4v) is 1.67. The van der Waals surface area contributed by atoms with Gasteiger partial charge in [-0.1, -0.05) is 0 Å². The van der Waals surface area contributed by atoms with Crippen molar-refractivity contribution < 1.29 is 14.7 Å². The minimum absolute atomic E-state index is 0.0468. The van der Waals surface area contributed by atoms with Crippen LogP contribution < -0.4 is 0 Å². The van der Waals surface area contributed by atoms with Gasteiger partial charge >= 0.3 is 12.0 Å². The lowest BCUT2D eigenvalue weighted by Gasteiger charge is -2.22. The minimum atomic E-state index is -1.26. The fraction of sp³-hybridized carbons (Fsp3) is 0.333. The summed E-state index contributed by atoms with van der Waals surface area (Å²) in [6.45, 7) is 0.499. The number of aromatic nitrogens is 3. The molecule has 2 rings (SSSR count).